The van der Waals surface area contributed by atoms with Crippen LogP contribution in [0.3, 0.4) is 0 Å². The molecule has 0 spiro atoms. The maximum atomic E-state index is 11.4. The Morgan fingerprint density at radius 3 is 2.21 bits per heavy atom. The number of quaternary nitrogens is 2. The minimum atomic E-state index is -1.28. The number of carbonyl (C=O) groups is 1. The molecule has 9 heteroatoms. The second-order valence-corrected chi connectivity index (χ2v) is 3.53. The second kappa shape index (κ2) is 6.80. The molecule has 104 valence electrons. The van der Waals surface area contributed by atoms with Crippen molar-refractivity contribution in [2.75, 3.05) is 11.9 Å². The Bertz CT molecular complexity index is 437. The predicted molar refractivity (Wildman–Crippen MR) is 65.2 cm³/mol. The minimum absolute atomic E-state index is 0.0823. The van der Waals surface area contributed by atoms with Gasteiger partial charge in [-0.15, -0.1) is 6.58 Å². The van der Waals surface area contributed by atoms with Crippen molar-refractivity contribution in [3.8, 4) is 0 Å². The summed E-state index contributed by atoms with van der Waals surface area (Å²) in [4.78, 5) is 11.4. The van der Waals surface area contributed by atoms with Gasteiger partial charge in [0.15, 0.2) is 11.4 Å². The molecule has 2 amide bonds. The van der Waals surface area contributed by atoms with Gasteiger partial charge in [-0.1, -0.05) is 6.08 Å². The molecule has 0 aliphatic heterocycles. The fraction of sp³-hybridized carbons (Fsp3) is 0.100. The van der Waals surface area contributed by atoms with Crippen LogP contribution in [0.15, 0.2) is 30.9 Å². The molecule has 0 aromatic heterocycles. The topological polar surface area (TPSA) is 137 Å². The number of hydrogen-bond acceptors (Lipinski definition) is 5. The highest BCUT2D eigenvalue weighted by molar-refractivity contribution is 5.90. The lowest BCUT2D eigenvalue weighted by molar-refractivity contribution is -0.996. The van der Waals surface area contributed by atoms with E-state index in [1.165, 1.54) is 18.2 Å². The van der Waals surface area contributed by atoms with Crippen molar-refractivity contribution in [2.45, 2.75) is 0 Å². The van der Waals surface area contributed by atoms with E-state index in [4.69, 9.17) is 10.4 Å². The zero-order valence-electron chi connectivity index (χ0n) is 9.84. The predicted octanol–water partition coefficient (Wildman–Crippen LogP) is -1.20. The molecule has 0 fully saturated rings. The van der Waals surface area contributed by atoms with E-state index in [9.17, 15) is 15.2 Å². The highest BCUT2D eigenvalue weighted by Crippen LogP contribution is 2.17. The number of amides is 2. The number of carbonyl (C=O) groups excluding carboxylic acids is 1. The standard InChI is InChI=1S/C10H14N4O5/c1-2-3-11-10(15)12-7-4-8(13(16)17)6-9(5-7)14(18)19/h2,4-6,13-14,16,18H,1,3H2,(H2,11,12,15). The Balaban J connectivity index is 2.93. The summed E-state index contributed by atoms with van der Waals surface area (Å²) in [5.41, 5.74) is -0.364. The number of hydrogen-bond donors (Lipinski definition) is 6. The molecule has 2 unspecified atom stereocenters. The molecule has 9 nitrogen and oxygen atoms in total. The molecule has 0 heterocycles. The maximum Gasteiger partial charge on any atom is 0.319 e. The molecule has 0 bridgehead atoms. The monoisotopic (exact) mass is 270 g/mol. The number of urea groups is 1. The molecule has 6 N–H and O–H groups in total. The lowest BCUT2D eigenvalue weighted by Crippen LogP contribution is -3.00. The van der Waals surface area contributed by atoms with Gasteiger partial charge >= 0.3 is 6.03 Å². The largest absolute Gasteiger partial charge is 0.595 e. The van der Waals surface area contributed by atoms with Crippen LogP contribution in [0.25, 0.3) is 0 Å². The average molecular weight is 270 g/mol. The average Bonchev–Trinajstić information content (AvgIpc) is 2.35. The summed E-state index contributed by atoms with van der Waals surface area (Å²) in [6.45, 7) is 3.65. The molecule has 1 aromatic carbocycles. The molecule has 1 aromatic rings. The van der Waals surface area contributed by atoms with E-state index in [1.807, 2.05) is 0 Å². The summed E-state index contributed by atoms with van der Waals surface area (Å²) in [6.07, 6.45) is 1.47. The Hall–Kier alpha value is -2.01. The van der Waals surface area contributed by atoms with Crippen LogP contribution in [0, 0.1) is 10.4 Å². The summed E-state index contributed by atoms with van der Waals surface area (Å²) >= 11 is 0. The molecule has 0 radical (unpaired) electrons. The minimum Gasteiger partial charge on any atom is -0.595 e. The number of benzene rings is 1. The van der Waals surface area contributed by atoms with Gasteiger partial charge in [-0.05, 0) is 0 Å². The molecule has 0 aliphatic rings. The fourth-order valence-corrected chi connectivity index (χ4v) is 1.29. The van der Waals surface area contributed by atoms with Crippen molar-refractivity contribution in [2.24, 2.45) is 0 Å². The Morgan fingerprint density at radius 2 is 1.79 bits per heavy atom. The second-order valence-electron chi connectivity index (χ2n) is 3.53. The Kier molecular flexibility index (Phi) is 5.38. The van der Waals surface area contributed by atoms with Crippen molar-refractivity contribution in [1.82, 2.24) is 5.32 Å². The summed E-state index contributed by atoms with van der Waals surface area (Å²) in [6, 6.07) is 2.76. The summed E-state index contributed by atoms with van der Waals surface area (Å²) in [5.74, 6) is 0. The fourth-order valence-electron chi connectivity index (χ4n) is 1.29. The van der Waals surface area contributed by atoms with Gasteiger partial charge in [0.1, 0.15) is 0 Å². The molecule has 1 rings (SSSR count). The van der Waals surface area contributed by atoms with Crippen molar-refractivity contribution >= 4 is 23.1 Å². The molecule has 2 atom stereocenters. The van der Waals surface area contributed by atoms with Crippen LogP contribution in [-0.4, -0.2) is 23.0 Å². The molecular weight excluding hydrogens is 256 g/mol. The van der Waals surface area contributed by atoms with Gasteiger partial charge in [0.2, 0.25) is 0 Å². The van der Waals surface area contributed by atoms with E-state index in [2.05, 4.69) is 17.2 Å². The lowest BCUT2D eigenvalue weighted by atomic mass is 10.2. The third-order valence-electron chi connectivity index (χ3n) is 2.09. The zero-order valence-corrected chi connectivity index (χ0v) is 9.84. The summed E-state index contributed by atoms with van der Waals surface area (Å²) in [7, 11) is 0. The van der Waals surface area contributed by atoms with Gasteiger partial charge in [0, 0.05) is 18.7 Å². The lowest BCUT2D eigenvalue weighted by Gasteiger charge is -2.17. The third-order valence-corrected chi connectivity index (χ3v) is 2.09. The van der Waals surface area contributed by atoms with Gasteiger partial charge < -0.3 is 21.0 Å². The van der Waals surface area contributed by atoms with Crippen molar-refractivity contribution < 1.29 is 25.7 Å². The van der Waals surface area contributed by atoms with Crippen molar-refractivity contribution in [3.63, 3.8) is 0 Å². The van der Waals surface area contributed by atoms with E-state index in [1.54, 1.807) is 0 Å². The quantitative estimate of drug-likeness (QED) is 0.295. The Labute approximate surface area is 108 Å². The molecule has 0 saturated heterocycles. The van der Waals surface area contributed by atoms with E-state index >= 15 is 0 Å². The number of rotatable bonds is 5. The number of nitrogens with one attached hydrogen (secondary N) is 4. The van der Waals surface area contributed by atoms with E-state index < -0.39 is 16.5 Å². The molecule has 19 heavy (non-hydrogen) atoms. The first-order valence-electron chi connectivity index (χ1n) is 5.21. The maximum absolute atomic E-state index is 11.4. The van der Waals surface area contributed by atoms with Crippen LogP contribution in [0.1, 0.15) is 0 Å². The van der Waals surface area contributed by atoms with Crippen LogP contribution >= 0.6 is 0 Å². The highest BCUT2D eigenvalue weighted by atomic mass is 16.8. The molecule has 0 aliphatic carbocycles. The van der Waals surface area contributed by atoms with Crippen LogP contribution in [0.4, 0.5) is 21.9 Å². The van der Waals surface area contributed by atoms with Crippen molar-refractivity contribution in [3.05, 3.63) is 41.3 Å². The van der Waals surface area contributed by atoms with Gasteiger partial charge in [-0.2, -0.15) is 10.5 Å². The smallest absolute Gasteiger partial charge is 0.319 e. The highest BCUT2D eigenvalue weighted by Gasteiger charge is 2.12. The van der Waals surface area contributed by atoms with Gasteiger partial charge in [-0.3, -0.25) is 0 Å². The first kappa shape index (κ1) is 15.0. The van der Waals surface area contributed by atoms with Crippen LogP contribution in [0.2, 0.25) is 0 Å². The van der Waals surface area contributed by atoms with Crippen LogP contribution < -0.4 is 21.1 Å². The SMILES string of the molecule is C=CCNC(=O)Nc1cc([NH+]([O-])O)cc([NH+]([O-])O)c1. The van der Waals surface area contributed by atoms with Crippen molar-refractivity contribution in [1.29, 1.82) is 0 Å². The summed E-state index contributed by atoms with van der Waals surface area (Å²) < 4.78 is 0. The zero-order chi connectivity index (χ0) is 14.4. The van der Waals surface area contributed by atoms with E-state index in [0.717, 1.165) is 6.07 Å². The third kappa shape index (κ3) is 4.63. The normalized spacial score (nSPS) is 13.5. The van der Waals surface area contributed by atoms with Gasteiger partial charge in [-0.25, -0.2) is 15.2 Å². The van der Waals surface area contributed by atoms with Crippen LogP contribution in [0.5, 0.6) is 0 Å². The van der Waals surface area contributed by atoms with Crippen LogP contribution in [-0.2, 0) is 0 Å². The molecule has 0 saturated carbocycles. The number of anilines is 1. The van der Waals surface area contributed by atoms with Gasteiger partial charge in [0.25, 0.3) is 0 Å². The summed E-state index contributed by atoms with van der Waals surface area (Å²) in [5, 5.41) is 41.6. The first-order valence-corrected chi connectivity index (χ1v) is 5.21. The van der Waals surface area contributed by atoms with E-state index in [-0.39, 0.29) is 23.6 Å². The van der Waals surface area contributed by atoms with Gasteiger partial charge in [0.05, 0.1) is 11.8 Å². The van der Waals surface area contributed by atoms with E-state index in [0.29, 0.717) is 0 Å². The molecular formula is C10H14N4O5. The Morgan fingerprint density at radius 1 is 1.26 bits per heavy atom. The first-order chi connectivity index (χ1) is 8.93.